The molecule has 2 N–H and O–H groups in total. The van der Waals surface area contributed by atoms with Gasteiger partial charge in [0.2, 0.25) is 0 Å². The summed E-state index contributed by atoms with van der Waals surface area (Å²) in [5, 5.41) is 9.80. The molecule has 0 bridgehead atoms. The number of hydrogen-bond donors (Lipinski definition) is 2. The van der Waals surface area contributed by atoms with Crippen molar-refractivity contribution in [2.75, 3.05) is 7.11 Å². The van der Waals surface area contributed by atoms with Crippen LogP contribution in [0, 0.1) is 5.82 Å². The number of phenols is 1. The molecule has 0 saturated carbocycles. The zero-order valence-corrected chi connectivity index (χ0v) is 10.5. The van der Waals surface area contributed by atoms with E-state index >= 15 is 0 Å². The minimum atomic E-state index is -0.889. The van der Waals surface area contributed by atoms with Gasteiger partial charge in [0.05, 0.1) is 12.7 Å². The van der Waals surface area contributed by atoms with E-state index in [9.17, 15) is 19.1 Å². The number of rotatable bonds is 3. The quantitative estimate of drug-likeness (QED) is 0.817. The van der Waals surface area contributed by atoms with Gasteiger partial charge < -0.3 is 14.8 Å². The summed E-state index contributed by atoms with van der Waals surface area (Å²) in [7, 11) is 1.11. The lowest BCUT2D eigenvalue weighted by Gasteiger charge is -2.07. The number of nitrogens with one attached hydrogen (secondary N) is 1. The second-order valence-corrected chi connectivity index (χ2v) is 3.99. The summed E-state index contributed by atoms with van der Waals surface area (Å²) in [6.07, 6.45) is 2.69. The molecule has 0 saturated heterocycles. The van der Waals surface area contributed by atoms with Gasteiger partial charge in [-0.15, -0.1) is 0 Å². The number of benzene rings is 1. The fourth-order valence-electron chi connectivity index (χ4n) is 1.70. The standard InChI is InChI=1S/C13H11FN2O4/c1-20-13(19)8-6-11(17)7(4-9(8)14)5-10-12(18)16-3-2-15-10/h2-4,6,17H,5H2,1H3,(H,16,18). The molecule has 0 amide bonds. The van der Waals surface area contributed by atoms with Crippen molar-refractivity contribution in [2.45, 2.75) is 6.42 Å². The molecule has 6 nitrogen and oxygen atoms in total. The van der Waals surface area contributed by atoms with Crippen LogP contribution in [0.4, 0.5) is 4.39 Å². The molecule has 0 aliphatic heterocycles. The van der Waals surface area contributed by atoms with Crippen LogP contribution in [0.5, 0.6) is 5.75 Å². The predicted octanol–water partition coefficient (Wildman–Crippen LogP) is 0.992. The Balaban J connectivity index is 2.40. The SMILES string of the molecule is COC(=O)c1cc(O)c(Cc2ncc[nH]c2=O)cc1F. The molecular formula is C13H11FN2O4. The van der Waals surface area contributed by atoms with Crippen LogP contribution in [0.2, 0.25) is 0 Å². The monoisotopic (exact) mass is 278 g/mol. The number of carbonyl (C=O) groups excluding carboxylic acids is 1. The van der Waals surface area contributed by atoms with Gasteiger partial charge in [-0.25, -0.2) is 9.18 Å². The molecule has 0 radical (unpaired) electrons. The largest absolute Gasteiger partial charge is 0.508 e. The van der Waals surface area contributed by atoms with Crippen LogP contribution < -0.4 is 5.56 Å². The van der Waals surface area contributed by atoms with E-state index in [-0.39, 0.29) is 29.0 Å². The number of H-pyrrole nitrogens is 1. The number of esters is 1. The fourth-order valence-corrected chi connectivity index (χ4v) is 1.70. The first kappa shape index (κ1) is 13.7. The molecule has 1 aromatic heterocycles. The Morgan fingerprint density at radius 1 is 1.50 bits per heavy atom. The van der Waals surface area contributed by atoms with Crippen LogP contribution in [0.25, 0.3) is 0 Å². The fraction of sp³-hybridized carbons (Fsp3) is 0.154. The average Bonchev–Trinajstić information content (AvgIpc) is 2.44. The third kappa shape index (κ3) is 2.66. The maximum Gasteiger partial charge on any atom is 0.340 e. The molecule has 20 heavy (non-hydrogen) atoms. The Morgan fingerprint density at radius 3 is 2.90 bits per heavy atom. The number of aromatic hydroxyl groups is 1. The first-order chi connectivity index (χ1) is 9.52. The van der Waals surface area contributed by atoms with Crippen LogP contribution in [-0.4, -0.2) is 28.2 Å². The molecule has 7 heteroatoms. The molecule has 2 aromatic rings. The van der Waals surface area contributed by atoms with Gasteiger partial charge in [-0.05, 0) is 12.1 Å². The number of aromatic amines is 1. The van der Waals surface area contributed by atoms with Gasteiger partial charge in [0.1, 0.15) is 17.3 Å². The molecule has 0 unspecified atom stereocenters. The Kier molecular flexibility index (Phi) is 3.79. The highest BCUT2D eigenvalue weighted by Crippen LogP contribution is 2.23. The minimum absolute atomic E-state index is 0.0552. The van der Waals surface area contributed by atoms with Crippen molar-refractivity contribution in [3.05, 3.63) is 57.5 Å². The highest BCUT2D eigenvalue weighted by molar-refractivity contribution is 5.90. The van der Waals surface area contributed by atoms with Gasteiger partial charge in [0.25, 0.3) is 5.56 Å². The number of ether oxygens (including phenoxy) is 1. The maximum absolute atomic E-state index is 13.8. The van der Waals surface area contributed by atoms with Gasteiger partial charge in [-0.2, -0.15) is 0 Å². The molecule has 0 fully saturated rings. The van der Waals surface area contributed by atoms with Crippen LogP contribution in [0.3, 0.4) is 0 Å². The van der Waals surface area contributed by atoms with Gasteiger partial charge in [0, 0.05) is 24.4 Å². The van der Waals surface area contributed by atoms with E-state index in [2.05, 4.69) is 14.7 Å². The zero-order valence-electron chi connectivity index (χ0n) is 10.5. The number of halogens is 1. The Hall–Kier alpha value is -2.70. The number of phenolic OH excluding ortho intramolecular Hbond substituents is 1. The van der Waals surface area contributed by atoms with Crippen molar-refractivity contribution >= 4 is 5.97 Å². The highest BCUT2D eigenvalue weighted by atomic mass is 19.1. The number of aromatic nitrogens is 2. The van der Waals surface area contributed by atoms with E-state index in [0.717, 1.165) is 19.2 Å². The topological polar surface area (TPSA) is 92.3 Å². The zero-order chi connectivity index (χ0) is 14.7. The van der Waals surface area contributed by atoms with Crippen LogP contribution in [0.15, 0.2) is 29.3 Å². The van der Waals surface area contributed by atoms with Crippen LogP contribution >= 0.6 is 0 Å². The average molecular weight is 278 g/mol. The summed E-state index contributed by atoms with van der Waals surface area (Å²) in [6, 6.07) is 1.95. The smallest absolute Gasteiger partial charge is 0.340 e. The van der Waals surface area contributed by atoms with E-state index < -0.39 is 17.3 Å². The predicted molar refractivity (Wildman–Crippen MR) is 67.1 cm³/mol. The van der Waals surface area contributed by atoms with E-state index in [4.69, 9.17) is 0 Å². The van der Waals surface area contributed by atoms with Crippen LogP contribution in [-0.2, 0) is 11.2 Å². The van der Waals surface area contributed by atoms with Gasteiger partial charge in [-0.1, -0.05) is 0 Å². The van der Waals surface area contributed by atoms with Gasteiger partial charge in [-0.3, -0.25) is 9.78 Å². The summed E-state index contributed by atoms with van der Waals surface area (Å²) in [4.78, 5) is 29.0. The lowest BCUT2D eigenvalue weighted by Crippen LogP contribution is -2.14. The number of nitrogens with zero attached hydrogens (tertiary/aromatic N) is 1. The Bertz CT molecular complexity index is 712. The first-order valence-corrected chi connectivity index (χ1v) is 5.65. The number of methoxy groups -OCH3 is 1. The molecular weight excluding hydrogens is 267 g/mol. The van der Waals surface area contributed by atoms with E-state index in [1.807, 2.05) is 0 Å². The van der Waals surface area contributed by atoms with Crippen LogP contribution in [0.1, 0.15) is 21.6 Å². The highest BCUT2D eigenvalue weighted by Gasteiger charge is 2.17. The normalized spacial score (nSPS) is 10.3. The summed E-state index contributed by atoms with van der Waals surface area (Å²) in [6.45, 7) is 0. The maximum atomic E-state index is 13.8. The lowest BCUT2D eigenvalue weighted by molar-refractivity contribution is 0.0595. The Morgan fingerprint density at radius 2 is 2.25 bits per heavy atom. The van der Waals surface area contributed by atoms with Crippen molar-refractivity contribution < 1.29 is 19.0 Å². The van der Waals surface area contributed by atoms with Gasteiger partial charge >= 0.3 is 5.97 Å². The minimum Gasteiger partial charge on any atom is -0.508 e. The summed E-state index contributed by atoms with van der Waals surface area (Å²) in [5.74, 6) is -2.03. The molecule has 1 heterocycles. The molecule has 104 valence electrons. The molecule has 0 atom stereocenters. The van der Waals surface area contributed by atoms with Crippen molar-refractivity contribution in [1.82, 2.24) is 9.97 Å². The Labute approximate surface area is 112 Å². The molecule has 1 aromatic carbocycles. The van der Waals surface area contributed by atoms with Crippen molar-refractivity contribution in [3.8, 4) is 5.75 Å². The van der Waals surface area contributed by atoms with Crippen molar-refractivity contribution in [3.63, 3.8) is 0 Å². The second-order valence-electron chi connectivity index (χ2n) is 3.99. The van der Waals surface area contributed by atoms with E-state index in [1.165, 1.54) is 12.4 Å². The number of carbonyl (C=O) groups is 1. The molecule has 2 rings (SSSR count). The molecule has 0 aliphatic rings. The summed E-state index contributed by atoms with van der Waals surface area (Å²) < 4.78 is 18.1. The lowest BCUT2D eigenvalue weighted by atomic mass is 10.1. The molecule has 0 spiro atoms. The number of hydrogen-bond acceptors (Lipinski definition) is 5. The molecule has 0 aliphatic carbocycles. The van der Waals surface area contributed by atoms with Crippen molar-refractivity contribution in [1.29, 1.82) is 0 Å². The summed E-state index contributed by atoms with van der Waals surface area (Å²) in [5.41, 5.74) is -0.514. The third-order valence-corrected chi connectivity index (χ3v) is 2.71. The summed E-state index contributed by atoms with van der Waals surface area (Å²) >= 11 is 0. The second kappa shape index (κ2) is 5.52. The first-order valence-electron chi connectivity index (χ1n) is 5.65. The van der Waals surface area contributed by atoms with Crippen molar-refractivity contribution in [2.24, 2.45) is 0 Å². The van der Waals surface area contributed by atoms with Gasteiger partial charge in [0.15, 0.2) is 0 Å². The van der Waals surface area contributed by atoms with E-state index in [1.54, 1.807) is 0 Å². The van der Waals surface area contributed by atoms with E-state index in [0.29, 0.717) is 0 Å². The third-order valence-electron chi connectivity index (χ3n) is 2.71.